The predicted molar refractivity (Wildman–Crippen MR) is 110 cm³/mol. The van der Waals surface area contributed by atoms with Gasteiger partial charge in [0.15, 0.2) is 5.65 Å². The number of nitrogens with one attached hydrogen (secondary N) is 1. The smallest absolute Gasteiger partial charge is 0.158 e. The molecular formula is C21H27N5O2. The highest BCUT2D eigenvalue weighted by Gasteiger charge is 2.15. The number of hydrogen-bond acceptors (Lipinski definition) is 6. The summed E-state index contributed by atoms with van der Waals surface area (Å²) in [6.07, 6.45) is 0. The average molecular weight is 381 g/mol. The summed E-state index contributed by atoms with van der Waals surface area (Å²) in [6.45, 7) is 9.61. The molecule has 0 saturated carbocycles. The normalized spacial score (nSPS) is 15.1. The molecule has 3 heterocycles. The van der Waals surface area contributed by atoms with Crippen molar-refractivity contribution >= 4 is 11.5 Å². The van der Waals surface area contributed by atoms with E-state index in [0.717, 1.165) is 79.1 Å². The molecule has 7 nitrogen and oxygen atoms in total. The number of benzene rings is 1. The minimum absolute atomic E-state index is 0.821. The maximum atomic E-state index is 5.42. The first kappa shape index (κ1) is 18.7. The van der Waals surface area contributed by atoms with Gasteiger partial charge in [-0.25, -0.2) is 4.98 Å². The van der Waals surface area contributed by atoms with Crippen molar-refractivity contribution in [3.8, 4) is 17.0 Å². The van der Waals surface area contributed by atoms with Gasteiger partial charge in [-0.3, -0.25) is 4.90 Å². The Morgan fingerprint density at radius 1 is 1.14 bits per heavy atom. The number of aryl methyl sites for hydroxylation is 1. The Balaban J connectivity index is 1.59. The van der Waals surface area contributed by atoms with Gasteiger partial charge < -0.3 is 14.8 Å². The summed E-state index contributed by atoms with van der Waals surface area (Å²) in [5, 5.41) is 8.41. The topological polar surface area (TPSA) is 63.9 Å². The minimum Gasteiger partial charge on any atom is -0.497 e. The fourth-order valence-corrected chi connectivity index (χ4v) is 3.47. The number of methoxy groups -OCH3 is 1. The van der Waals surface area contributed by atoms with Gasteiger partial charge in [0.05, 0.1) is 26.0 Å². The number of fused-ring (bicyclic) bond motifs is 1. The molecule has 7 heteroatoms. The van der Waals surface area contributed by atoms with E-state index in [0.29, 0.717) is 0 Å². The molecule has 2 aromatic heterocycles. The van der Waals surface area contributed by atoms with Crippen LogP contribution in [-0.2, 0) is 4.74 Å². The quantitative estimate of drug-likeness (QED) is 0.708. The summed E-state index contributed by atoms with van der Waals surface area (Å²) in [4.78, 5) is 7.14. The minimum atomic E-state index is 0.821. The molecule has 0 amide bonds. The van der Waals surface area contributed by atoms with E-state index in [-0.39, 0.29) is 0 Å². The zero-order valence-electron chi connectivity index (χ0n) is 16.7. The first-order valence-corrected chi connectivity index (χ1v) is 9.71. The molecule has 1 aliphatic heterocycles. The van der Waals surface area contributed by atoms with Crippen molar-refractivity contribution in [2.24, 2.45) is 0 Å². The van der Waals surface area contributed by atoms with Gasteiger partial charge in [0.1, 0.15) is 11.6 Å². The molecule has 1 fully saturated rings. The van der Waals surface area contributed by atoms with E-state index in [1.54, 1.807) is 7.11 Å². The van der Waals surface area contributed by atoms with Gasteiger partial charge in [-0.05, 0) is 38.1 Å². The molecule has 0 atom stereocenters. The molecule has 148 valence electrons. The molecule has 4 rings (SSSR count). The Morgan fingerprint density at radius 3 is 2.61 bits per heavy atom. The summed E-state index contributed by atoms with van der Waals surface area (Å²) in [5.74, 6) is 1.85. The lowest BCUT2D eigenvalue weighted by Crippen LogP contribution is -2.39. The van der Waals surface area contributed by atoms with E-state index in [2.05, 4.69) is 17.1 Å². The second-order valence-corrected chi connectivity index (χ2v) is 7.08. The second-order valence-electron chi connectivity index (χ2n) is 7.08. The van der Waals surface area contributed by atoms with Crippen molar-refractivity contribution in [1.82, 2.24) is 19.5 Å². The zero-order valence-corrected chi connectivity index (χ0v) is 16.7. The third kappa shape index (κ3) is 3.81. The molecule has 1 N–H and O–H groups in total. The number of hydrogen-bond donors (Lipinski definition) is 1. The van der Waals surface area contributed by atoms with Crippen molar-refractivity contribution < 1.29 is 9.47 Å². The molecule has 0 radical (unpaired) electrons. The monoisotopic (exact) mass is 381 g/mol. The molecule has 0 unspecified atom stereocenters. The van der Waals surface area contributed by atoms with Crippen molar-refractivity contribution in [3.05, 3.63) is 41.6 Å². The summed E-state index contributed by atoms with van der Waals surface area (Å²) >= 11 is 0. The molecule has 0 bridgehead atoms. The maximum Gasteiger partial charge on any atom is 0.158 e. The third-order valence-electron chi connectivity index (χ3n) is 5.29. The summed E-state index contributed by atoms with van der Waals surface area (Å²) in [7, 11) is 1.67. The van der Waals surface area contributed by atoms with E-state index < -0.39 is 0 Å². The summed E-state index contributed by atoms with van der Waals surface area (Å²) in [5.41, 5.74) is 4.93. The number of anilines is 1. The Morgan fingerprint density at radius 2 is 1.89 bits per heavy atom. The van der Waals surface area contributed by atoms with E-state index >= 15 is 0 Å². The fraction of sp³-hybridized carbons (Fsp3) is 0.429. The Kier molecular flexibility index (Phi) is 5.45. The van der Waals surface area contributed by atoms with Crippen molar-refractivity contribution in [2.75, 3.05) is 51.8 Å². The Hall–Kier alpha value is -2.64. The van der Waals surface area contributed by atoms with E-state index in [1.807, 2.05) is 41.8 Å². The SMILES string of the molecule is COc1ccc(-c2cc3nc(C)c(C)c(NCCN4CCOCC4)n3n2)cc1. The number of morpholine rings is 1. The zero-order chi connectivity index (χ0) is 19.5. The van der Waals surface area contributed by atoms with Crippen LogP contribution in [0.15, 0.2) is 30.3 Å². The lowest BCUT2D eigenvalue weighted by molar-refractivity contribution is 0.0398. The fourth-order valence-electron chi connectivity index (χ4n) is 3.47. The first-order valence-electron chi connectivity index (χ1n) is 9.71. The molecule has 1 aromatic carbocycles. The van der Waals surface area contributed by atoms with Gasteiger partial charge in [-0.1, -0.05) is 0 Å². The van der Waals surface area contributed by atoms with Crippen LogP contribution >= 0.6 is 0 Å². The van der Waals surface area contributed by atoms with Crippen LogP contribution in [0.1, 0.15) is 11.3 Å². The summed E-state index contributed by atoms with van der Waals surface area (Å²) < 4.78 is 12.6. The van der Waals surface area contributed by atoms with Gasteiger partial charge in [0.2, 0.25) is 0 Å². The maximum absolute atomic E-state index is 5.42. The first-order chi connectivity index (χ1) is 13.7. The molecule has 0 aliphatic carbocycles. The number of nitrogens with zero attached hydrogens (tertiary/aromatic N) is 4. The lowest BCUT2D eigenvalue weighted by atomic mass is 10.1. The van der Waals surface area contributed by atoms with Gasteiger partial charge in [0.25, 0.3) is 0 Å². The van der Waals surface area contributed by atoms with E-state index in [9.17, 15) is 0 Å². The van der Waals surface area contributed by atoms with E-state index in [1.165, 1.54) is 0 Å². The highest BCUT2D eigenvalue weighted by molar-refractivity contribution is 5.67. The third-order valence-corrected chi connectivity index (χ3v) is 5.29. The highest BCUT2D eigenvalue weighted by atomic mass is 16.5. The molecule has 28 heavy (non-hydrogen) atoms. The van der Waals surface area contributed by atoms with Crippen LogP contribution < -0.4 is 10.1 Å². The lowest BCUT2D eigenvalue weighted by Gasteiger charge is -2.26. The largest absolute Gasteiger partial charge is 0.497 e. The van der Waals surface area contributed by atoms with Crippen LogP contribution in [0.2, 0.25) is 0 Å². The number of rotatable bonds is 6. The standard InChI is InChI=1S/C21H27N5O2/c1-15-16(2)23-20-14-19(17-4-6-18(27-3)7-5-17)24-26(20)21(15)22-8-9-25-10-12-28-13-11-25/h4-7,14,22H,8-13H2,1-3H3. The molecule has 1 aliphatic rings. The molecular weight excluding hydrogens is 354 g/mol. The van der Waals surface area contributed by atoms with Crippen LogP contribution in [0, 0.1) is 13.8 Å². The summed E-state index contributed by atoms with van der Waals surface area (Å²) in [6, 6.07) is 9.97. The van der Waals surface area contributed by atoms with Gasteiger partial charge >= 0.3 is 0 Å². The van der Waals surface area contributed by atoms with Crippen LogP contribution in [0.3, 0.4) is 0 Å². The van der Waals surface area contributed by atoms with Gasteiger partial charge in [0, 0.05) is 49.1 Å². The molecule has 0 spiro atoms. The van der Waals surface area contributed by atoms with Crippen molar-refractivity contribution in [3.63, 3.8) is 0 Å². The average Bonchev–Trinajstić information content (AvgIpc) is 3.15. The highest BCUT2D eigenvalue weighted by Crippen LogP contribution is 2.25. The van der Waals surface area contributed by atoms with Crippen molar-refractivity contribution in [1.29, 1.82) is 0 Å². The van der Waals surface area contributed by atoms with Crippen LogP contribution in [0.5, 0.6) is 5.75 Å². The Bertz CT molecular complexity index is 946. The second kappa shape index (κ2) is 8.16. The van der Waals surface area contributed by atoms with Crippen LogP contribution in [0.4, 0.5) is 5.82 Å². The van der Waals surface area contributed by atoms with E-state index in [4.69, 9.17) is 19.6 Å². The van der Waals surface area contributed by atoms with Crippen LogP contribution in [-0.4, -0.2) is 66.0 Å². The van der Waals surface area contributed by atoms with Crippen molar-refractivity contribution in [2.45, 2.75) is 13.8 Å². The predicted octanol–water partition coefficient (Wildman–Crippen LogP) is 2.77. The number of ether oxygens (including phenoxy) is 2. The molecule has 3 aromatic rings. The van der Waals surface area contributed by atoms with Crippen LogP contribution in [0.25, 0.3) is 16.9 Å². The van der Waals surface area contributed by atoms with Gasteiger partial charge in [-0.2, -0.15) is 9.61 Å². The number of aromatic nitrogens is 3. The molecule has 1 saturated heterocycles. The Labute approximate surface area is 165 Å². The van der Waals surface area contributed by atoms with Gasteiger partial charge in [-0.15, -0.1) is 0 Å².